The number of piperidine rings is 1. The average Bonchev–Trinajstić information content (AvgIpc) is 3.32. The van der Waals surface area contributed by atoms with Gasteiger partial charge in [-0.3, -0.25) is 9.59 Å². The molecule has 6 nitrogen and oxygen atoms in total. The molecule has 1 fully saturated rings. The van der Waals surface area contributed by atoms with Crippen molar-refractivity contribution < 1.29 is 18.7 Å². The van der Waals surface area contributed by atoms with E-state index in [1.54, 1.807) is 28.6 Å². The molecule has 0 saturated carbocycles. The molecule has 1 aliphatic rings. The van der Waals surface area contributed by atoms with E-state index in [-0.39, 0.29) is 36.4 Å². The minimum Gasteiger partial charge on any atom is -0.466 e. The molecule has 40 heavy (non-hydrogen) atoms. The van der Waals surface area contributed by atoms with Crippen molar-refractivity contribution in [3.63, 3.8) is 0 Å². The summed E-state index contributed by atoms with van der Waals surface area (Å²) < 4.78 is 22.4. The van der Waals surface area contributed by atoms with Crippen molar-refractivity contribution in [2.45, 2.75) is 32.1 Å². The highest BCUT2D eigenvalue weighted by Gasteiger charge is 2.32. The lowest BCUT2D eigenvalue weighted by Crippen LogP contribution is -2.38. The van der Waals surface area contributed by atoms with Crippen molar-refractivity contribution >= 4 is 46.1 Å². The Morgan fingerprint density at radius 3 is 2.38 bits per heavy atom. The Kier molecular flexibility index (Phi) is 8.85. The Bertz CT molecular complexity index is 1530. The van der Waals surface area contributed by atoms with Gasteiger partial charge in [0, 0.05) is 27.8 Å². The van der Waals surface area contributed by atoms with Gasteiger partial charge in [-0.05, 0) is 84.2 Å². The summed E-state index contributed by atoms with van der Waals surface area (Å²) in [5, 5.41) is 5.25. The predicted octanol–water partition coefficient (Wildman–Crippen LogP) is 7.06. The van der Waals surface area contributed by atoms with E-state index in [2.05, 4.69) is 22.6 Å². The predicted molar refractivity (Wildman–Crippen MR) is 161 cm³/mol. The Morgan fingerprint density at radius 2 is 1.70 bits per heavy atom. The first-order chi connectivity index (χ1) is 19.4. The molecule has 1 saturated heterocycles. The first-order valence-electron chi connectivity index (χ1n) is 13.2. The topological polar surface area (TPSA) is 64.4 Å². The number of esters is 1. The fourth-order valence-corrected chi connectivity index (χ4v) is 5.77. The fraction of sp³-hybridized carbons (Fsp3) is 0.258. The Morgan fingerprint density at radius 1 is 1.02 bits per heavy atom. The number of benzene rings is 3. The van der Waals surface area contributed by atoms with Gasteiger partial charge < -0.3 is 9.64 Å². The minimum atomic E-state index is -0.444. The van der Waals surface area contributed by atoms with E-state index in [0.29, 0.717) is 53.5 Å². The number of likely N-dealkylation sites (tertiary alicyclic amines) is 1. The number of halogens is 3. The molecule has 206 valence electrons. The van der Waals surface area contributed by atoms with Gasteiger partial charge in [-0.25, -0.2) is 9.07 Å². The molecule has 1 aromatic heterocycles. The molecule has 0 aliphatic carbocycles. The zero-order chi connectivity index (χ0) is 28.2. The number of para-hydroxylation sites is 1. The molecule has 0 bridgehead atoms. The second kappa shape index (κ2) is 12.5. The Labute approximate surface area is 251 Å². The van der Waals surface area contributed by atoms with Crippen molar-refractivity contribution in [1.82, 2.24) is 14.7 Å². The maximum absolute atomic E-state index is 14.4. The third-order valence-corrected chi connectivity index (χ3v) is 8.18. The standard InChI is InChI=1S/C31H28ClFIN3O3/c1-2-40-28(38)19-24-29(31(39)36-17-15-20(16-18-36)23-7-3-5-9-26(23)33)35-37(27-10-6-4-8-25(27)32)30(24)21-11-13-22(34)14-12-21/h3-14,20H,2,15-19H2,1H3. The SMILES string of the molecule is CCOC(=O)Cc1c(C(=O)N2CCC(c3ccccc3F)CC2)nn(-c2ccccc2Cl)c1-c1ccc(I)cc1. The van der Waals surface area contributed by atoms with Crippen LogP contribution in [0.2, 0.25) is 5.02 Å². The zero-order valence-corrected chi connectivity index (χ0v) is 24.9. The monoisotopic (exact) mass is 671 g/mol. The molecule has 2 heterocycles. The number of carbonyl (C=O) groups is 2. The third kappa shape index (κ3) is 5.93. The van der Waals surface area contributed by atoms with Gasteiger partial charge >= 0.3 is 5.97 Å². The van der Waals surface area contributed by atoms with E-state index >= 15 is 0 Å². The highest BCUT2D eigenvalue weighted by atomic mass is 127. The van der Waals surface area contributed by atoms with Crippen LogP contribution in [0.3, 0.4) is 0 Å². The van der Waals surface area contributed by atoms with Gasteiger partial charge in [-0.1, -0.05) is 54.1 Å². The minimum absolute atomic E-state index is 0.0345. The van der Waals surface area contributed by atoms with Crippen LogP contribution in [-0.4, -0.2) is 46.3 Å². The smallest absolute Gasteiger partial charge is 0.310 e. The van der Waals surface area contributed by atoms with E-state index in [1.807, 2.05) is 54.6 Å². The number of rotatable bonds is 7. The molecule has 5 rings (SSSR count). The largest absolute Gasteiger partial charge is 0.466 e. The third-order valence-electron chi connectivity index (χ3n) is 7.14. The molecular formula is C31H28ClFIN3O3. The lowest BCUT2D eigenvalue weighted by molar-refractivity contribution is -0.142. The first kappa shape index (κ1) is 28.3. The van der Waals surface area contributed by atoms with Crippen molar-refractivity contribution in [2.24, 2.45) is 0 Å². The van der Waals surface area contributed by atoms with Gasteiger partial charge in [0.05, 0.1) is 29.4 Å². The molecule has 1 amide bonds. The maximum Gasteiger partial charge on any atom is 0.310 e. The molecular weight excluding hydrogens is 644 g/mol. The van der Waals surface area contributed by atoms with E-state index < -0.39 is 5.97 Å². The average molecular weight is 672 g/mol. The number of nitrogens with zero attached hydrogens (tertiary/aromatic N) is 3. The van der Waals surface area contributed by atoms with Crippen LogP contribution in [0.5, 0.6) is 0 Å². The number of aromatic nitrogens is 2. The number of carbonyl (C=O) groups excluding carboxylic acids is 2. The van der Waals surface area contributed by atoms with Gasteiger partial charge in [0.25, 0.3) is 5.91 Å². The number of amides is 1. The molecule has 3 aromatic carbocycles. The molecule has 0 radical (unpaired) electrons. The summed E-state index contributed by atoms with van der Waals surface area (Å²) in [6, 6.07) is 21.9. The van der Waals surface area contributed by atoms with E-state index in [0.717, 1.165) is 9.13 Å². The normalized spacial score (nSPS) is 13.8. The second-order valence-electron chi connectivity index (χ2n) is 9.62. The number of hydrogen-bond donors (Lipinski definition) is 0. The van der Waals surface area contributed by atoms with E-state index in [1.165, 1.54) is 6.07 Å². The van der Waals surface area contributed by atoms with E-state index in [9.17, 15) is 14.0 Å². The van der Waals surface area contributed by atoms with E-state index in [4.69, 9.17) is 21.4 Å². The van der Waals surface area contributed by atoms with Crippen molar-refractivity contribution in [1.29, 1.82) is 0 Å². The van der Waals surface area contributed by atoms with Crippen LogP contribution in [-0.2, 0) is 16.0 Å². The summed E-state index contributed by atoms with van der Waals surface area (Å²) >= 11 is 8.83. The Balaban J connectivity index is 1.57. The molecule has 0 atom stereocenters. The molecule has 0 spiro atoms. The lowest BCUT2D eigenvalue weighted by atomic mass is 9.89. The van der Waals surface area contributed by atoms with Crippen LogP contribution in [0, 0.1) is 9.39 Å². The molecule has 9 heteroatoms. The van der Waals surface area contributed by atoms with Crippen LogP contribution in [0.1, 0.15) is 47.3 Å². The molecule has 0 N–H and O–H groups in total. The second-order valence-corrected chi connectivity index (χ2v) is 11.3. The van der Waals surface area contributed by atoms with Crippen molar-refractivity contribution in [3.05, 3.63) is 104 Å². The first-order valence-corrected chi connectivity index (χ1v) is 14.6. The number of hydrogen-bond acceptors (Lipinski definition) is 4. The molecule has 0 unspecified atom stereocenters. The van der Waals surface area contributed by atoms with Crippen molar-refractivity contribution in [3.8, 4) is 16.9 Å². The van der Waals surface area contributed by atoms with Crippen molar-refractivity contribution in [2.75, 3.05) is 19.7 Å². The fourth-order valence-electron chi connectivity index (χ4n) is 5.20. The van der Waals surface area contributed by atoms with Gasteiger partial charge in [0.15, 0.2) is 5.69 Å². The van der Waals surface area contributed by atoms with Crippen LogP contribution in [0.25, 0.3) is 16.9 Å². The molecule has 1 aliphatic heterocycles. The summed E-state index contributed by atoms with van der Waals surface area (Å²) in [5.74, 6) is -0.902. The highest BCUT2D eigenvalue weighted by Crippen LogP contribution is 2.35. The summed E-state index contributed by atoms with van der Waals surface area (Å²) in [4.78, 5) is 28.6. The lowest BCUT2D eigenvalue weighted by Gasteiger charge is -2.32. The van der Waals surface area contributed by atoms with Gasteiger partial charge in [0.1, 0.15) is 5.82 Å². The summed E-state index contributed by atoms with van der Waals surface area (Å²) in [5.41, 5.74) is 3.36. The summed E-state index contributed by atoms with van der Waals surface area (Å²) in [6.07, 6.45) is 1.15. The van der Waals surface area contributed by atoms with Crippen LogP contribution in [0.4, 0.5) is 4.39 Å². The van der Waals surface area contributed by atoms with Gasteiger partial charge in [-0.2, -0.15) is 5.10 Å². The van der Waals surface area contributed by atoms with Crippen LogP contribution in [0.15, 0.2) is 72.8 Å². The molecule has 4 aromatic rings. The van der Waals surface area contributed by atoms with Gasteiger partial charge in [0.2, 0.25) is 0 Å². The zero-order valence-electron chi connectivity index (χ0n) is 21.9. The van der Waals surface area contributed by atoms with Crippen LogP contribution >= 0.6 is 34.2 Å². The number of ether oxygens (including phenoxy) is 1. The summed E-state index contributed by atoms with van der Waals surface area (Å²) in [6.45, 7) is 2.88. The highest BCUT2D eigenvalue weighted by molar-refractivity contribution is 14.1. The van der Waals surface area contributed by atoms with Crippen LogP contribution < -0.4 is 0 Å². The Hall–Kier alpha value is -3.24. The quantitative estimate of drug-likeness (QED) is 0.156. The van der Waals surface area contributed by atoms with Gasteiger partial charge in [-0.15, -0.1) is 0 Å². The maximum atomic E-state index is 14.4. The summed E-state index contributed by atoms with van der Waals surface area (Å²) in [7, 11) is 0.